The van der Waals surface area contributed by atoms with Crippen molar-refractivity contribution in [3.05, 3.63) is 0 Å². The third-order valence-corrected chi connectivity index (χ3v) is 6.74. The van der Waals surface area contributed by atoms with Crippen LogP contribution in [0.15, 0.2) is 0 Å². The topological polar surface area (TPSA) is 57.6 Å². The Morgan fingerprint density at radius 1 is 0.870 bits per heavy atom. The summed E-state index contributed by atoms with van der Waals surface area (Å²) in [4.78, 5) is 25.4. The van der Waals surface area contributed by atoms with E-state index in [1.807, 2.05) is 0 Å². The molecule has 4 heteroatoms. The van der Waals surface area contributed by atoms with Gasteiger partial charge in [-0.15, -0.1) is 0 Å². The molecule has 4 nitrogen and oxygen atoms in total. The van der Waals surface area contributed by atoms with Gasteiger partial charge in [-0.25, -0.2) is 0 Å². The minimum Gasteiger partial charge on any atom is -0.481 e. The minimum absolute atomic E-state index is 0.335. The largest absolute Gasteiger partial charge is 0.481 e. The average molecular weight is 321 g/mol. The average Bonchev–Trinajstić information content (AvgIpc) is 3.03. The van der Waals surface area contributed by atoms with Crippen LogP contribution in [0.25, 0.3) is 0 Å². The van der Waals surface area contributed by atoms with Crippen molar-refractivity contribution < 1.29 is 14.7 Å². The van der Waals surface area contributed by atoms with Crippen molar-refractivity contribution in [1.82, 2.24) is 4.90 Å². The predicted molar refractivity (Wildman–Crippen MR) is 89.0 cm³/mol. The number of likely N-dealkylation sites (tertiary alicyclic amines) is 1. The Morgan fingerprint density at radius 2 is 1.43 bits per heavy atom. The molecule has 1 heterocycles. The molecule has 0 aromatic carbocycles. The van der Waals surface area contributed by atoms with E-state index in [4.69, 9.17) is 5.11 Å². The molecule has 3 aliphatic rings. The normalized spacial score (nSPS) is 25.8. The molecule has 2 saturated carbocycles. The Balaban J connectivity index is 1.43. The van der Waals surface area contributed by atoms with Crippen LogP contribution < -0.4 is 0 Å². The molecule has 0 unspecified atom stereocenters. The SMILES string of the molecule is O=C(O)CC1CCC2(CC1)CCN(C(=O)CC1CCCC1)CC2. The summed E-state index contributed by atoms with van der Waals surface area (Å²) in [6, 6.07) is 0. The molecule has 1 aliphatic heterocycles. The van der Waals surface area contributed by atoms with E-state index in [-0.39, 0.29) is 0 Å². The number of hydrogen-bond donors (Lipinski definition) is 1. The van der Waals surface area contributed by atoms with Gasteiger partial charge < -0.3 is 10.0 Å². The standard InChI is InChI=1S/C19H31NO3/c21-17(13-15-3-1-2-4-15)20-11-9-19(10-12-20)7-5-16(6-8-19)14-18(22)23/h15-16H,1-14H2,(H,22,23). The number of hydrogen-bond acceptors (Lipinski definition) is 2. The van der Waals surface area contributed by atoms with Crippen molar-refractivity contribution in [2.24, 2.45) is 17.3 Å². The van der Waals surface area contributed by atoms with E-state index in [1.165, 1.54) is 25.7 Å². The van der Waals surface area contributed by atoms with E-state index in [0.717, 1.165) is 58.0 Å². The van der Waals surface area contributed by atoms with Crippen LogP contribution in [0.5, 0.6) is 0 Å². The first-order valence-electron chi connectivity index (χ1n) is 9.56. The Labute approximate surface area is 139 Å². The van der Waals surface area contributed by atoms with Crippen LogP contribution in [-0.4, -0.2) is 35.0 Å². The highest BCUT2D eigenvalue weighted by molar-refractivity contribution is 5.76. The van der Waals surface area contributed by atoms with E-state index >= 15 is 0 Å². The lowest BCUT2D eigenvalue weighted by atomic mass is 9.65. The number of amides is 1. The summed E-state index contributed by atoms with van der Waals surface area (Å²) in [5, 5.41) is 8.94. The van der Waals surface area contributed by atoms with Gasteiger partial charge in [-0.1, -0.05) is 12.8 Å². The minimum atomic E-state index is -0.654. The Morgan fingerprint density at radius 3 is 2.00 bits per heavy atom. The molecule has 1 spiro atoms. The van der Waals surface area contributed by atoms with Gasteiger partial charge in [0, 0.05) is 25.9 Å². The van der Waals surface area contributed by atoms with E-state index in [9.17, 15) is 9.59 Å². The first kappa shape index (κ1) is 16.8. The van der Waals surface area contributed by atoms with Crippen LogP contribution in [0.3, 0.4) is 0 Å². The molecule has 1 amide bonds. The van der Waals surface area contributed by atoms with Gasteiger partial charge in [-0.05, 0) is 68.6 Å². The van der Waals surface area contributed by atoms with Gasteiger partial charge in [-0.3, -0.25) is 9.59 Å². The third-order valence-electron chi connectivity index (χ3n) is 6.74. The lowest BCUT2D eigenvalue weighted by Crippen LogP contribution is -2.44. The van der Waals surface area contributed by atoms with Gasteiger partial charge in [0.1, 0.15) is 0 Å². The summed E-state index contributed by atoms with van der Waals surface area (Å²) in [5.41, 5.74) is 0.402. The molecule has 0 radical (unpaired) electrons. The van der Waals surface area contributed by atoms with Gasteiger partial charge >= 0.3 is 5.97 Å². The van der Waals surface area contributed by atoms with Crippen molar-refractivity contribution in [3.63, 3.8) is 0 Å². The zero-order chi connectivity index (χ0) is 16.3. The summed E-state index contributed by atoms with van der Waals surface area (Å²) >= 11 is 0. The molecule has 3 fully saturated rings. The van der Waals surface area contributed by atoms with Gasteiger partial charge in [0.2, 0.25) is 5.91 Å². The van der Waals surface area contributed by atoms with E-state index in [1.54, 1.807) is 0 Å². The van der Waals surface area contributed by atoms with Crippen LogP contribution in [0.4, 0.5) is 0 Å². The maximum absolute atomic E-state index is 12.5. The molecular formula is C19H31NO3. The fourth-order valence-corrected chi connectivity index (χ4v) is 5.06. The molecular weight excluding hydrogens is 290 g/mol. The summed E-state index contributed by atoms with van der Waals surface area (Å²) < 4.78 is 0. The smallest absolute Gasteiger partial charge is 0.303 e. The molecule has 0 bridgehead atoms. The molecule has 0 aromatic rings. The second kappa shape index (κ2) is 7.23. The fraction of sp³-hybridized carbons (Fsp3) is 0.895. The van der Waals surface area contributed by atoms with Crippen LogP contribution in [0.1, 0.15) is 77.0 Å². The molecule has 23 heavy (non-hydrogen) atoms. The highest BCUT2D eigenvalue weighted by Gasteiger charge is 2.39. The summed E-state index contributed by atoms with van der Waals surface area (Å²) in [5.74, 6) is 0.745. The monoisotopic (exact) mass is 321 g/mol. The molecule has 2 aliphatic carbocycles. The van der Waals surface area contributed by atoms with Crippen LogP contribution in [0.2, 0.25) is 0 Å². The maximum Gasteiger partial charge on any atom is 0.303 e. The number of carboxylic acid groups (broad SMARTS) is 1. The highest BCUT2D eigenvalue weighted by atomic mass is 16.4. The number of piperidine rings is 1. The van der Waals surface area contributed by atoms with Crippen LogP contribution in [0, 0.1) is 17.3 Å². The Kier molecular flexibility index (Phi) is 5.27. The Bertz CT molecular complexity index is 424. The molecule has 1 saturated heterocycles. The number of carbonyl (C=O) groups excluding carboxylic acids is 1. The summed E-state index contributed by atoms with van der Waals surface area (Å²) in [6.07, 6.45) is 12.9. The highest BCUT2D eigenvalue weighted by Crippen LogP contribution is 2.47. The van der Waals surface area contributed by atoms with Gasteiger partial charge in [0.15, 0.2) is 0 Å². The second-order valence-corrected chi connectivity index (χ2v) is 8.28. The van der Waals surface area contributed by atoms with Crippen molar-refractivity contribution in [3.8, 4) is 0 Å². The number of carboxylic acids is 1. The van der Waals surface area contributed by atoms with E-state index in [2.05, 4.69) is 4.90 Å². The zero-order valence-electron chi connectivity index (χ0n) is 14.3. The fourth-order valence-electron chi connectivity index (χ4n) is 5.06. The number of aliphatic carboxylic acids is 1. The Hall–Kier alpha value is -1.06. The van der Waals surface area contributed by atoms with E-state index in [0.29, 0.717) is 29.6 Å². The maximum atomic E-state index is 12.5. The number of rotatable bonds is 4. The van der Waals surface area contributed by atoms with Gasteiger partial charge in [0.05, 0.1) is 0 Å². The first-order chi connectivity index (χ1) is 11.1. The van der Waals surface area contributed by atoms with Crippen LogP contribution in [-0.2, 0) is 9.59 Å². The summed E-state index contributed by atoms with van der Waals surface area (Å²) in [6.45, 7) is 1.85. The quantitative estimate of drug-likeness (QED) is 0.856. The molecule has 0 aromatic heterocycles. The van der Waals surface area contributed by atoms with Gasteiger partial charge in [-0.2, -0.15) is 0 Å². The third kappa shape index (κ3) is 4.27. The predicted octanol–water partition coefficient (Wildman–Crippen LogP) is 3.84. The van der Waals surface area contributed by atoms with Gasteiger partial charge in [0.25, 0.3) is 0 Å². The van der Waals surface area contributed by atoms with Crippen molar-refractivity contribution in [1.29, 1.82) is 0 Å². The van der Waals surface area contributed by atoms with Crippen molar-refractivity contribution >= 4 is 11.9 Å². The molecule has 0 atom stereocenters. The number of nitrogens with zero attached hydrogens (tertiary/aromatic N) is 1. The lowest BCUT2D eigenvalue weighted by Gasteiger charge is -2.46. The number of carbonyl (C=O) groups is 2. The van der Waals surface area contributed by atoms with Crippen molar-refractivity contribution in [2.75, 3.05) is 13.1 Å². The lowest BCUT2D eigenvalue weighted by molar-refractivity contribution is -0.139. The molecule has 130 valence electrons. The van der Waals surface area contributed by atoms with Crippen LogP contribution >= 0.6 is 0 Å². The zero-order valence-corrected chi connectivity index (χ0v) is 14.3. The first-order valence-corrected chi connectivity index (χ1v) is 9.56. The summed E-state index contributed by atoms with van der Waals surface area (Å²) in [7, 11) is 0. The van der Waals surface area contributed by atoms with Crippen molar-refractivity contribution in [2.45, 2.75) is 77.0 Å². The van der Waals surface area contributed by atoms with E-state index < -0.39 is 5.97 Å². The molecule has 3 rings (SSSR count). The second-order valence-electron chi connectivity index (χ2n) is 8.28. The molecule has 1 N–H and O–H groups in total.